The largest absolute Gasteiger partial charge is 0.388 e. The lowest BCUT2D eigenvalue weighted by molar-refractivity contribution is -0.0190. The molecule has 1 aromatic carbocycles. The summed E-state index contributed by atoms with van der Waals surface area (Å²) in [6.07, 6.45) is 2.74. The zero-order valence-corrected chi connectivity index (χ0v) is 15.6. The van der Waals surface area contributed by atoms with Crippen molar-refractivity contribution in [2.45, 2.75) is 52.1 Å². The highest BCUT2D eigenvalue weighted by molar-refractivity contribution is 5.96. The first-order chi connectivity index (χ1) is 11.8. The Morgan fingerprint density at radius 1 is 1.32 bits per heavy atom. The van der Waals surface area contributed by atoms with E-state index in [1.165, 1.54) is 0 Å². The normalized spacial score (nSPS) is 17.1. The predicted octanol–water partition coefficient (Wildman–Crippen LogP) is 2.47. The van der Waals surface area contributed by atoms with Crippen LogP contribution < -0.4 is 5.32 Å². The molecule has 5 nitrogen and oxygen atoms in total. The SMILES string of the molecule is Cc1cc(C)c(C)c(C(=O)NCC2(O)CCN(CCCC#N)CC2)c1. The molecule has 0 aromatic heterocycles. The van der Waals surface area contributed by atoms with E-state index in [2.05, 4.69) is 22.4 Å². The summed E-state index contributed by atoms with van der Waals surface area (Å²) in [5.74, 6) is -0.117. The number of carbonyl (C=O) groups excluding carboxylic acids is 1. The van der Waals surface area contributed by atoms with E-state index in [0.29, 0.717) is 24.8 Å². The first kappa shape index (κ1) is 19.4. The Kier molecular flexibility index (Phi) is 6.57. The fraction of sp³-hybridized carbons (Fsp3) is 0.600. The van der Waals surface area contributed by atoms with Crippen LogP contribution in [0.1, 0.15) is 52.7 Å². The number of hydrogen-bond acceptors (Lipinski definition) is 4. The maximum atomic E-state index is 12.5. The lowest BCUT2D eigenvalue weighted by atomic mass is 9.91. The molecule has 25 heavy (non-hydrogen) atoms. The van der Waals surface area contributed by atoms with Crippen LogP contribution in [-0.2, 0) is 0 Å². The van der Waals surface area contributed by atoms with Crippen molar-refractivity contribution in [1.82, 2.24) is 10.2 Å². The van der Waals surface area contributed by atoms with E-state index in [1.807, 2.05) is 26.8 Å². The van der Waals surface area contributed by atoms with Crippen molar-refractivity contribution in [3.8, 4) is 6.07 Å². The van der Waals surface area contributed by atoms with Crippen LogP contribution in [-0.4, -0.2) is 47.7 Å². The monoisotopic (exact) mass is 343 g/mol. The van der Waals surface area contributed by atoms with Gasteiger partial charge in [0.25, 0.3) is 5.91 Å². The average Bonchev–Trinajstić information content (AvgIpc) is 2.58. The number of aliphatic hydroxyl groups is 1. The topological polar surface area (TPSA) is 76.4 Å². The summed E-state index contributed by atoms with van der Waals surface area (Å²) in [6.45, 7) is 8.74. The van der Waals surface area contributed by atoms with Crippen molar-refractivity contribution in [1.29, 1.82) is 5.26 Å². The lowest BCUT2D eigenvalue weighted by Gasteiger charge is -2.38. The van der Waals surface area contributed by atoms with Gasteiger partial charge in [0, 0.05) is 31.6 Å². The highest BCUT2D eigenvalue weighted by atomic mass is 16.3. The van der Waals surface area contributed by atoms with Gasteiger partial charge in [0.1, 0.15) is 0 Å². The van der Waals surface area contributed by atoms with E-state index in [0.717, 1.165) is 42.7 Å². The molecule has 1 saturated heterocycles. The van der Waals surface area contributed by atoms with Crippen LogP contribution >= 0.6 is 0 Å². The number of aryl methyl sites for hydroxylation is 2. The second-order valence-electron chi connectivity index (χ2n) is 7.26. The van der Waals surface area contributed by atoms with Crippen molar-refractivity contribution >= 4 is 5.91 Å². The van der Waals surface area contributed by atoms with Gasteiger partial charge in [0.15, 0.2) is 0 Å². The minimum atomic E-state index is -0.839. The van der Waals surface area contributed by atoms with Gasteiger partial charge in [0.05, 0.1) is 11.7 Å². The van der Waals surface area contributed by atoms with Gasteiger partial charge in [-0.3, -0.25) is 4.79 Å². The Morgan fingerprint density at radius 3 is 2.64 bits per heavy atom. The number of carbonyl (C=O) groups is 1. The van der Waals surface area contributed by atoms with Gasteiger partial charge in [-0.15, -0.1) is 0 Å². The van der Waals surface area contributed by atoms with Gasteiger partial charge in [-0.25, -0.2) is 0 Å². The number of likely N-dealkylation sites (tertiary alicyclic amines) is 1. The summed E-state index contributed by atoms with van der Waals surface area (Å²) in [4.78, 5) is 14.8. The van der Waals surface area contributed by atoms with E-state index in [1.54, 1.807) is 0 Å². The van der Waals surface area contributed by atoms with Crippen molar-refractivity contribution in [2.24, 2.45) is 0 Å². The Morgan fingerprint density at radius 2 is 2.00 bits per heavy atom. The maximum Gasteiger partial charge on any atom is 0.251 e. The first-order valence-electron chi connectivity index (χ1n) is 9.02. The molecule has 1 amide bonds. The third kappa shape index (κ3) is 5.29. The van der Waals surface area contributed by atoms with Crippen molar-refractivity contribution in [3.05, 3.63) is 34.4 Å². The molecule has 0 saturated carbocycles. The molecular weight excluding hydrogens is 314 g/mol. The smallest absolute Gasteiger partial charge is 0.251 e. The molecule has 0 unspecified atom stereocenters. The second kappa shape index (κ2) is 8.46. The number of rotatable bonds is 6. The van der Waals surface area contributed by atoms with Gasteiger partial charge in [-0.05, 0) is 63.8 Å². The first-order valence-corrected chi connectivity index (χ1v) is 9.02. The van der Waals surface area contributed by atoms with Crippen LogP contribution in [0.25, 0.3) is 0 Å². The quantitative estimate of drug-likeness (QED) is 0.778. The van der Waals surface area contributed by atoms with Crippen molar-refractivity contribution in [3.63, 3.8) is 0 Å². The molecule has 0 atom stereocenters. The second-order valence-corrected chi connectivity index (χ2v) is 7.26. The highest BCUT2D eigenvalue weighted by Gasteiger charge is 2.32. The lowest BCUT2D eigenvalue weighted by Crippen LogP contribution is -2.51. The molecule has 2 rings (SSSR count). The molecule has 0 radical (unpaired) electrons. The van der Waals surface area contributed by atoms with Gasteiger partial charge in [-0.1, -0.05) is 11.6 Å². The summed E-state index contributed by atoms with van der Waals surface area (Å²) in [7, 11) is 0. The number of benzene rings is 1. The van der Waals surface area contributed by atoms with Crippen LogP contribution in [0.2, 0.25) is 0 Å². The summed E-state index contributed by atoms with van der Waals surface area (Å²) in [6, 6.07) is 6.13. The molecule has 2 N–H and O–H groups in total. The average molecular weight is 343 g/mol. The van der Waals surface area contributed by atoms with Crippen LogP contribution in [0.15, 0.2) is 12.1 Å². The molecule has 0 aliphatic carbocycles. The Bertz CT molecular complexity index is 656. The fourth-order valence-corrected chi connectivity index (χ4v) is 3.37. The van der Waals surface area contributed by atoms with Crippen molar-refractivity contribution in [2.75, 3.05) is 26.2 Å². The number of hydrogen-bond donors (Lipinski definition) is 2. The molecule has 1 aliphatic heterocycles. The van der Waals surface area contributed by atoms with Crippen LogP contribution in [0.5, 0.6) is 0 Å². The molecular formula is C20H29N3O2. The third-order valence-corrected chi connectivity index (χ3v) is 5.18. The number of amides is 1. The zero-order valence-electron chi connectivity index (χ0n) is 15.6. The highest BCUT2D eigenvalue weighted by Crippen LogP contribution is 2.22. The number of nitrogens with one attached hydrogen (secondary N) is 1. The van der Waals surface area contributed by atoms with Gasteiger partial charge in [0.2, 0.25) is 0 Å². The number of piperidine rings is 1. The van der Waals surface area contributed by atoms with E-state index in [9.17, 15) is 9.90 Å². The maximum absolute atomic E-state index is 12.5. The molecule has 136 valence electrons. The molecule has 1 aliphatic rings. The summed E-state index contributed by atoms with van der Waals surface area (Å²) in [5, 5.41) is 22.3. The third-order valence-electron chi connectivity index (χ3n) is 5.18. The van der Waals surface area contributed by atoms with Crippen LogP contribution in [0, 0.1) is 32.1 Å². The van der Waals surface area contributed by atoms with Gasteiger partial charge in [-0.2, -0.15) is 5.26 Å². The van der Waals surface area contributed by atoms with E-state index < -0.39 is 5.60 Å². The minimum Gasteiger partial charge on any atom is -0.388 e. The van der Waals surface area contributed by atoms with Gasteiger partial charge >= 0.3 is 0 Å². The molecule has 1 aromatic rings. The summed E-state index contributed by atoms with van der Waals surface area (Å²) in [5.41, 5.74) is 3.01. The van der Waals surface area contributed by atoms with E-state index in [-0.39, 0.29) is 12.5 Å². The number of unbranched alkanes of at least 4 members (excludes halogenated alkanes) is 1. The molecule has 1 fully saturated rings. The molecule has 1 heterocycles. The van der Waals surface area contributed by atoms with Crippen molar-refractivity contribution < 1.29 is 9.90 Å². The van der Waals surface area contributed by atoms with E-state index in [4.69, 9.17) is 5.26 Å². The predicted molar refractivity (Wildman–Crippen MR) is 98.5 cm³/mol. The molecule has 5 heteroatoms. The number of nitrogens with zero attached hydrogens (tertiary/aromatic N) is 2. The van der Waals surface area contributed by atoms with Gasteiger partial charge < -0.3 is 15.3 Å². The number of nitriles is 1. The van der Waals surface area contributed by atoms with Crippen LogP contribution in [0.3, 0.4) is 0 Å². The Balaban J connectivity index is 1.87. The summed E-state index contributed by atoms with van der Waals surface area (Å²) >= 11 is 0. The Labute approximate surface area is 150 Å². The fourth-order valence-electron chi connectivity index (χ4n) is 3.37. The molecule has 0 spiro atoms. The zero-order chi connectivity index (χ0) is 18.4. The molecule has 0 bridgehead atoms. The summed E-state index contributed by atoms with van der Waals surface area (Å²) < 4.78 is 0. The minimum absolute atomic E-state index is 0.117. The van der Waals surface area contributed by atoms with Crippen LogP contribution in [0.4, 0.5) is 0 Å². The Hall–Kier alpha value is -1.90. The van der Waals surface area contributed by atoms with E-state index >= 15 is 0 Å². The standard InChI is InChI=1S/C20H29N3O2/c1-15-12-16(2)17(3)18(13-15)19(24)22-14-20(25)6-10-23(11-7-20)9-5-4-8-21/h12-13,25H,4-7,9-11,14H2,1-3H3,(H,22,24).